The number of hydrogen-bond donors (Lipinski definition) is 0. The second kappa shape index (κ2) is 5.48. The van der Waals surface area contributed by atoms with Gasteiger partial charge in [0.1, 0.15) is 16.5 Å². The maximum Gasteiger partial charge on any atom is 0.262 e. The summed E-state index contributed by atoms with van der Waals surface area (Å²) in [6, 6.07) is 4.50. The topological polar surface area (TPSA) is 34.9 Å². The molecule has 0 amide bonds. The number of thiophene rings is 1. The molecule has 0 aliphatic heterocycles. The molecular weight excluding hydrogens is 323 g/mol. The smallest absolute Gasteiger partial charge is 0.262 e. The van der Waals surface area contributed by atoms with E-state index in [0.717, 1.165) is 15.3 Å². The van der Waals surface area contributed by atoms with Crippen LogP contribution < -0.4 is 5.56 Å². The lowest BCUT2D eigenvalue weighted by molar-refractivity contribution is 0.591. The van der Waals surface area contributed by atoms with Gasteiger partial charge in [0.2, 0.25) is 0 Å². The lowest BCUT2D eigenvalue weighted by Crippen LogP contribution is -2.25. The van der Waals surface area contributed by atoms with Gasteiger partial charge in [-0.25, -0.2) is 9.37 Å². The number of halogens is 2. The molecule has 0 fully saturated rings. The van der Waals surface area contributed by atoms with Crippen molar-refractivity contribution in [2.45, 2.75) is 27.3 Å². The van der Waals surface area contributed by atoms with Crippen LogP contribution in [0, 0.1) is 26.6 Å². The number of aromatic nitrogens is 2. The van der Waals surface area contributed by atoms with Gasteiger partial charge in [-0.05, 0) is 38.5 Å². The van der Waals surface area contributed by atoms with Crippen molar-refractivity contribution < 1.29 is 4.39 Å². The van der Waals surface area contributed by atoms with Gasteiger partial charge in [0.05, 0.1) is 11.9 Å². The van der Waals surface area contributed by atoms with Crippen LogP contribution in [0.3, 0.4) is 0 Å². The van der Waals surface area contributed by atoms with E-state index in [1.807, 2.05) is 13.8 Å². The number of rotatable bonds is 2. The van der Waals surface area contributed by atoms with E-state index in [4.69, 9.17) is 11.6 Å². The minimum absolute atomic E-state index is 0.0768. The summed E-state index contributed by atoms with van der Waals surface area (Å²) in [5.74, 6) is 0.134. The van der Waals surface area contributed by atoms with Gasteiger partial charge in [-0.15, -0.1) is 11.3 Å². The molecule has 0 spiro atoms. The van der Waals surface area contributed by atoms with Gasteiger partial charge in [-0.3, -0.25) is 9.36 Å². The fraction of sp³-hybridized carbons (Fsp3) is 0.250. The van der Waals surface area contributed by atoms with Crippen molar-refractivity contribution in [2.75, 3.05) is 0 Å². The molecule has 0 N–H and O–H groups in total. The molecule has 1 aromatic carbocycles. The van der Waals surface area contributed by atoms with Crippen molar-refractivity contribution in [1.82, 2.24) is 9.55 Å². The van der Waals surface area contributed by atoms with Gasteiger partial charge in [0.25, 0.3) is 5.56 Å². The van der Waals surface area contributed by atoms with Gasteiger partial charge in [0, 0.05) is 15.5 Å². The molecule has 3 aromatic rings. The van der Waals surface area contributed by atoms with Gasteiger partial charge >= 0.3 is 0 Å². The van der Waals surface area contributed by atoms with Crippen LogP contribution in [0.25, 0.3) is 10.2 Å². The summed E-state index contributed by atoms with van der Waals surface area (Å²) < 4.78 is 15.5. The summed E-state index contributed by atoms with van der Waals surface area (Å²) in [6.45, 7) is 5.70. The Morgan fingerprint density at radius 1 is 1.32 bits per heavy atom. The maximum atomic E-state index is 14.0. The van der Waals surface area contributed by atoms with E-state index in [1.54, 1.807) is 19.1 Å². The van der Waals surface area contributed by atoms with Crippen LogP contribution in [0.1, 0.15) is 21.8 Å². The first-order valence-electron chi connectivity index (χ1n) is 6.80. The highest BCUT2D eigenvalue weighted by Gasteiger charge is 2.16. The van der Waals surface area contributed by atoms with Crippen molar-refractivity contribution in [3.05, 3.63) is 61.2 Å². The molecule has 2 aromatic heterocycles. The van der Waals surface area contributed by atoms with Crippen LogP contribution >= 0.6 is 22.9 Å². The average Bonchev–Trinajstić information content (AvgIpc) is 2.72. The van der Waals surface area contributed by atoms with Crippen molar-refractivity contribution in [3.63, 3.8) is 0 Å². The molecule has 114 valence electrons. The van der Waals surface area contributed by atoms with Crippen LogP contribution in [0.15, 0.2) is 23.0 Å². The number of nitrogens with zero attached hydrogens (tertiary/aromatic N) is 2. The predicted molar refractivity (Wildman–Crippen MR) is 88.6 cm³/mol. The summed E-state index contributed by atoms with van der Waals surface area (Å²) in [4.78, 5) is 19.1. The molecule has 3 rings (SSSR count). The predicted octanol–water partition coefficient (Wildman–Crippen LogP) is 4.22. The lowest BCUT2D eigenvalue weighted by Gasteiger charge is -2.11. The lowest BCUT2D eigenvalue weighted by atomic mass is 10.2. The number of benzene rings is 1. The van der Waals surface area contributed by atoms with E-state index in [2.05, 4.69) is 4.98 Å². The summed E-state index contributed by atoms with van der Waals surface area (Å²) in [7, 11) is 0. The third kappa shape index (κ3) is 2.34. The highest BCUT2D eigenvalue weighted by molar-refractivity contribution is 7.18. The van der Waals surface area contributed by atoms with Crippen LogP contribution in [0.2, 0.25) is 5.02 Å². The monoisotopic (exact) mass is 336 g/mol. The quantitative estimate of drug-likeness (QED) is 0.702. The molecule has 0 aliphatic rings. The molecule has 22 heavy (non-hydrogen) atoms. The highest BCUT2D eigenvalue weighted by Crippen LogP contribution is 2.27. The SMILES string of the molecule is Cc1sc2nc(C)n(Cc3c(F)cccc3Cl)c(=O)c2c1C. The van der Waals surface area contributed by atoms with Crippen molar-refractivity contribution in [1.29, 1.82) is 0 Å². The zero-order chi connectivity index (χ0) is 16.0. The first-order valence-corrected chi connectivity index (χ1v) is 7.99. The Kier molecular flexibility index (Phi) is 3.78. The number of fused-ring (bicyclic) bond motifs is 1. The number of aryl methyl sites for hydroxylation is 3. The molecule has 0 atom stereocenters. The van der Waals surface area contributed by atoms with E-state index < -0.39 is 5.82 Å². The second-order valence-corrected chi connectivity index (χ2v) is 6.82. The Morgan fingerprint density at radius 2 is 2.05 bits per heavy atom. The Balaban J connectivity index is 2.23. The van der Waals surface area contributed by atoms with Gasteiger partial charge in [0.15, 0.2) is 0 Å². The van der Waals surface area contributed by atoms with E-state index in [-0.39, 0.29) is 12.1 Å². The zero-order valence-corrected chi connectivity index (χ0v) is 14.0. The average molecular weight is 337 g/mol. The van der Waals surface area contributed by atoms with E-state index >= 15 is 0 Å². The summed E-state index contributed by atoms with van der Waals surface area (Å²) in [5.41, 5.74) is 1.09. The summed E-state index contributed by atoms with van der Waals surface area (Å²) in [6.07, 6.45) is 0. The van der Waals surface area contributed by atoms with Crippen molar-refractivity contribution in [3.8, 4) is 0 Å². The Labute approximate surface area is 136 Å². The largest absolute Gasteiger partial charge is 0.292 e. The Morgan fingerprint density at radius 3 is 2.73 bits per heavy atom. The summed E-state index contributed by atoms with van der Waals surface area (Å²) >= 11 is 7.57. The van der Waals surface area contributed by atoms with Crippen LogP contribution in [0.4, 0.5) is 4.39 Å². The molecule has 6 heteroatoms. The standard InChI is InChI=1S/C16H14ClFN2OS/c1-8-9(2)22-15-14(8)16(21)20(10(3)19-15)7-11-12(17)5-4-6-13(11)18/h4-6H,7H2,1-3H3. The fourth-order valence-electron chi connectivity index (χ4n) is 2.46. The molecule has 0 aliphatic carbocycles. The van der Waals surface area contributed by atoms with Gasteiger partial charge in [-0.1, -0.05) is 17.7 Å². The van der Waals surface area contributed by atoms with Crippen molar-refractivity contribution in [2.24, 2.45) is 0 Å². The second-order valence-electron chi connectivity index (χ2n) is 5.21. The molecule has 3 nitrogen and oxygen atoms in total. The molecule has 2 heterocycles. The maximum absolute atomic E-state index is 14.0. The first kappa shape index (κ1) is 15.2. The zero-order valence-electron chi connectivity index (χ0n) is 12.4. The number of hydrogen-bond acceptors (Lipinski definition) is 3. The van der Waals surface area contributed by atoms with Crippen molar-refractivity contribution >= 4 is 33.2 Å². The van der Waals surface area contributed by atoms with Crippen LogP contribution in [-0.2, 0) is 6.54 Å². The minimum atomic E-state index is -0.419. The van der Waals surface area contributed by atoms with Crippen LogP contribution in [-0.4, -0.2) is 9.55 Å². The molecule has 0 unspecified atom stereocenters. The molecule has 0 bridgehead atoms. The van der Waals surface area contributed by atoms with E-state index in [1.165, 1.54) is 22.0 Å². The third-order valence-electron chi connectivity index (χ3n) is 3.86. The van der Waals surface area contributed by atoms with E-state index in [9.17, 15) is 9.18 Å². The van der Waals surface area contributed by atoms with Gasteiger partial charge < -0.3 is 0 Å². The molecule has 0 saturated carbocycles. The van der Waals surface area contributed by atoms with E-state index in [0.29, 0.717) is 21.8 Å². The fourth-order valence-corrected chi connectivity index (χ4v) is 3.74. The highest BCUT2D eigenvalue weighted by atomic mass is 35.5. The molecule has 0 radical (unpaired) electrons. The third-order valence-corrected chi connectivity index (χ3v) is 5.31. The normalized spacial score (nSPS) is 11.3. The van der Waals surface area contributed by atoms with Gasteiger partial charge in [-0.2, -0.15) is 0 Å². The molecule has 0 saturated heterocycles. The Hall–Kier alpha value is -1.72. The summed E-state index contributed by atoms with van der Waals surface area (Å²) in [5, 5.41) is 0.921. The Bertz CT molecular complexity index is 925. The first-order chi connectivity index (χ1) is 10.4. The molecular formula is C16H14ClFN2OS. The van der Waals surface area contributed by atoms with Crippen LogP contribution in [0.5, 0.6) is 0 Å². The minimum Gasteiger partial charge on any atom is -0.292 e.